The van der Waals surface area contributed by atoms with Crippen molar-refractivity contribution in [1.29, 1.82) is 0 Å². The molecule has 0 rings (SSSR count). The summed E-state index contributed by atoms with van der Waals surface area (Å²) in [5, 5.41) is 6.18. The first-order valence-corrected chi connectivity index (χ1v) is 11.5. The summed E-state index contributed by atoms with van der Waals surface area (Å²) in [7, 11) is 1.43. The number of rotatable bonds is 15. The Morgan fingerprint density at radius 1 is 1.06 bits per heavy atom. The first-order valence-electron chi connectivity index (χ1n) is 11.5. The minimum atomic E-state index is -1.11. The number of hydrogen-bond donors (Lipinski definition) is 3. The smallest absolute Gasteiger partial charge is 0.256 e. The fourth-order valence-electron chi connectivity index (χ4n) is 3.15. The predicted molar refractivity (Wildman–Crippen MR) is 124 cm³/mol. The van der Waals surface area contributed by atoms with Crippen molar-refractivity contribution in [3.8, 4) is 0 Å². The van der Waals surface area contributed by atoms with Gasteiger partial charge in [-0.2, -0.15) is 0 Å². The Morgan fingerprint density at radius 2 is 1.66 bits per heavy atom. The van der Waals surface area contributed by atoms with Crippen LogP contribution in [0.25, 0.3) is 0 Å². The van der Waals surface area contributed by atoms with Crippen LogP contribution in [0, 0.1) is 11.8 Å². The van der Waals surface area contributed by atoms with E-state index in [1.54, 1.807) is 13.8 Å². The molecule has 0 aliphatic heterocycles. The first-order chi connectivity index (χ1) is 14.8. The minimum Gasteiger partial charge on any atom is -0.371 e. The molecule has 4 N–H and O–H groups in total. The molecule has 1 unspecified atom stereocenters. The largest absolute Gasteiger partial charge is 0.371 e. The van der Waals surface area contributed by atoms with Gasteiger partial charge in [0.2, 0.25) is 11.8 Å². The maximum atomic E-state index is 12.9. The number of carbonyl (C=O) groups is 4. The highest BCUT2D eigenvalue weighted by Gasteiger charge is 2.38. The average molecular weight is 457 g/mol. The van der Waals surface area contributed by atoms with Crippen molar-refractivity contribution in [1.82, 2.24) is 15.6 Å². The van der Waals surface area contributed by atoms with Gasteiger partial charge in [0.05, 0.1) is 6.54 Å². The van der Waals surface area contributed by atoms with Crippen molar-refractivity contribution in [2.75, 3.05) is 13.7 Å². The van der Waals surface area contributed by atoms with Crippen molar-refractivity contribution in [2.45, 2.75) is 98.3 Å². The number of methoxy groups -OCH3 is 1. The molecule has 3 amide bonds. The zero-order valence-corrected chi connectivity index (χ0v) is 21.1. The van der Waals surface area contributed by atoms with Gasteiger partial charge in [-0.25, -0.2) is 5.84 Å². The number of nitrogens with two attached hydrogens (primary N) is 1. The lowest BCUT2D eigenvalue weighted by Crippen LogP contribution is -2.58. The molecule has 0 spiro atoms. The van der Waals surface area contributed by atoms with E-state index in [0.29, 0.717) is 12.8 Å². The number of hydrazine groups is 1. The molecule has 0 fully saturated rings. The molecule has 0 radical (unpaired) electrons. The standard InChI is InChI=1S/C23H44N4O5/c1-9-10-11-12-18(28)26-20(16(4)5)22(31)25-14-19(29)27(24)17(13-15(2)3)21(30)23(6,7)32-8/h15-17,20H,9-14,24H2,1-8H3,(H,25,31)(H,26,28)/t17?,20-/m0/s1. The second-order valence-corrected chi connectivity index (χ2v) is 9.49. The fraction of sp³-hybridized carbons (Fsp3) is 0.826. The molecule has 0 aromatic heterocycles. The molecule has 0 aliphatic rings. The van der Waals surface area contributed by atoms with E-state index in [0.717, 1.165) is 24.3 Å². The average Bonchev–Trinajstić information content (AvgIpc) is 2.72. The zero-order chi connectivity index (χ0) is 25.1. The topological polar surface area (TPSA) is 131 Å². The number of nitrogens with zero attached hydrogens (tertiary/aromatic N) is 1. The van der Waals surface area contributed by atoms with Gasteiger partial charge in [-0.05, 0) is 38.5 Å². The summed E-state index contributed by atoms with van der Waals surface area (Å²) < 4.78 is 5.27. The van der Waals surface area contributed by atoms with E-state index in [9.17, 15) is 19.2 Å². The molecule has 9 nitrogen and oxygen atoms in total. The Morgan fingerprint density at radius 3 is 2.12 bits per heavy atom. The third-order valence-electron chi connectivity index (χ3n) is 5.41. The van der Waals surface area contributed by atoms with Crippen molar-refractivity contribution in [3.05, 3.63) is 0 Å². The van der Waals surface area contributed by atoms with Gasteiger partial charge in [0.15, 0.2) is 5.78 Å². The van der Waals surface area contributed by atoms with E-state index in [1.165, 1.54) is 7.11 Å². The normalized spacial score (nSPS) is 13.6. The van der Waals surface area contributed by atoms with E-state index >= 15 is 0 Å². The van der Waals surface area contributed by atoms with Gasteiger partial charge >= 0.3 is 0 Å². The minimum absolute atomic E-state index is 0.110. The van der Waals surface area contributed by atoms with Crippen molar-refractivity contribution >= 4 is 23.5 Å². The SMILES string of the molecule is CCCCCC(=O)N[C@H](C(=O)NCC(=O)N(N)C(CC(C)C)C(=O)C(C)(C)OC)C(C)C. The number of ether oxygens (including phenoxy) is 1. The van der Waals surface area contributed by atoms with Crippen LogP contribution >= 0.6 is 0 Å². The highest BCUT2D eigenvalue weighted by molar-refractivity contribution is 5.95. The lowest BCUT2D eigenvalue weighted by atomic mass is 9.90. The summed E-state index contributed by atoms with van der Waals surface area (Å²) in [6.45, 7) is 12.4. The number of amides is 3. The van der Waals surface area contributed by atoms with Gasteiger partial charge in [0.25, 0.3) is 5.91 Å². The summed E-state index contributed by atoms with van der Waals surface area (Å²) in [6, 6.07) is -1.64. The molecule has 32 heavy (non-hydrogen) atoms. The second-order valence-electron chi connectivity index (χ2n) is 9.49. The number of Topliss-reactive ketones (excluding diaryl/α,β-unsaturated/α-hetero) is 1. The van der Waals surface area contributed by atoms with Crippen LogP contribution in [0.4, 0.5) is 0 Å². The van der Waals surface area contributed by atoms with Crippen LogP contribution in [0.3, 0.4) is 0 Å². The van der Waals surface area contributed by atoms with Crippen LogP contribution in [-0.4, -0.2) is 59.9 Å². The maximum absolute atomic E-state index is 12.9. The number of ketones is 1. The number of hydrogen-bond acceptors (Lipinski definition) is 6. The van der Waals surface area contributed by atoms with E-state index in [4.69, 9.17) is 10.6 Å². The van der Waals surface area contributed by atoms with Gasteiger partial charge in [0.1, 0.15) is 17.7 Å². The lowest BCUT2D eigenvalue weighted by molar-refractivity contribution is -0.150. The quantitative estimate of drug-likeness (QED) is 0.149. The Hall–Kier alpha value is -2.00. The lowest BCUT2D eigenvalue weighted by Gasteiger charge is -2.33. The molecule has 0 aromatic carbocycles. The van der Waals surface area contributed by atoms with Gasteiger partial charge in [-0.3, -0.25) is 24.2 Å². The molecule has 2 atom stereocenters. The number of carbonyl (C=O) groups excluding carboxylic acids is 4. The Kier molecular flexibility index (Phi) is 13.3. The second kappa shape index (κ2) is 14.2. The monoisotopic (exact) mass is 456 g/mol. The third-order valence-corrected chi connectivity index (χ3v) is 5.41. The Bertz CT molecular complexity index is 634. The van der Waals surface area contributed by atoms with Gasteiger partial charge in [-0.1, -0.05) is 47.5 Å². The van der Waals surface area contributed by atoms with Crippen LogP contribution in [0.15, 0.2) is 0 Å². The molecular formula is C23H44N4O5. The highest BCUT2D eigenvalue weighted by atomic mass is 16.5. The molecule has 0 heterocycles. The summed E-state index contributed by atoms with van der Waals surface area (Å²) in [4.78, 5) is 50.4. The summed E-state index contributed by atoms with van der Waals surface area (Å²) in [5.74, 6) is 4.41. The summed E-state index contributed by atoms with van der Waals surface area (Å²) in [5.41, 5.74) is -1.11. The molecule has 9 heteroatoms. The Balaban J connectivity index is 5.12. The van der Waals surface area contributed by atoms with Gasteiger partial charge in [-0.15, -0.1) is 0 Å². The third kappa shape index (κ3) is 10.1. The van der Waals surface area contributed by atoms with Crippen molar-refractivity contribution < 1.29 is 23.9 Å². The van der Waals surface area contributed by atoms with E-state index in [-0.39, 0.29) is 30.1 Å². The fourth-order valence-corrected chi connectivity index (χ4v) is 3.15. The van der Waals surface area contributed by atoms with Crippen LogP contribution < -0.4 is 16.5 Å². The predicted octanol–water partition coefficient (Wildman–Crippen LogP) is 1.93. The van der Waals surface area contributed by atoms with Gasteiger partial charge < -0.3 is 15.4 Å². The van der Waals surface area contributed by atoms with Crippen LogP contribution in [0.5, 0.6) is 0 Å². The van der Waals surface area contributed by atoms with Crippen LogP contribution in [0.2, 0.25) is 0 Å². The van der Waals surface area contributed by atoms with Crippen molar-refractivity contribution in [3.63, 3.8) is 0 Å². The molecule has 0 aromatic rings. The number of nitrogens with one attached hydrogen (secondary N) is 2. The highest BCUT2D eigenvalue weighted by Crippen LogP contribution is 2.19. The van der Waals surface area contributed by atoms with Gasteiger partial charge in [0, 0.05) is 13.5 Å². The molecule has 186 valence electrons. The molecular weight excluding hydrogens is 412 g/mol. The molecule has 0 saturated heterocycles. The molecule has 0 bridgehead atoms. The summed E-state index contributed by atoms with van der Waals surface area (Å²) in [6.07, 6.45) is 3.43. The maximum Gasteiger partial charge on any atom is 0.256 e. The summed E-state index contributed by atoms with van der Waals surface area (Å²) >= 11 is 0. The zero-order valence-electron chi connectivity index (χ0n) is 21.1. The molecule has 0 aliphatic carbocycles. The van der Waals surface area contributed by atoms with E-state index in [2.05, 4.69) is 17.6 Å². The van der Waals surface area contributed by atoms with E-state index in [1.807, 2.05) is 27.7 Å². The van der Waals surface area contributed by atoms with Crippen molar-refractivity contribution in [2.24, 2.45) is 17.7 Å². The first kappa shape index (κ1) is 30.0. The Labute approximate surface area is 193 Å². The molecule has 0 saturated carbocycles. The van der Waals surface area contributed by atoms with Crippen LogP contribution in [-0.2, 0) is 23.9 Å². The number of unbranched alkanes of at least 4 members (excludes halogenated alkanes) is 2. The van der Waals surface area contributed by atoms with Crippen LogP contribution in [0.1, 0.15) is 80.6 Å². The van der Waals surface area contributed by atoms with E-state index < -0.39 is 29.5 Å².